The maximum Gasteiger partial charge on any atom is 0.134 e. The van der Waals surface area contributed by atoms with Crippen molar-refractivity contribution in [3.8, 4) is 0 Å². The van der Waals surface area contributed by atoms with Gasteiger partial charge in [0.2, 0.25) is 0 Å². The first-order valence-electron chi connectivity index (χ1n) is 10.9. The van der Waals surface area contributed by atoms with Gasteiger partial charge in [0, 0.05) is 49.8 Å². The first-order valence-corrected chi connectivity index (χ1v) is 10.9. The Kier molecular flexibility index (Phi) is 6.36. The smallest absolute Gasteiger partial charge is 0.134 e. The van der Waals surface area contributed by atoms with Crippen molar-refractivity contribution in [3.63, 3.8) is 0 Å². The molecule has 0 amide bonds. The second-order valence-corrected chi connectivity index (χ2v) is 8.75. The van der Waals surface area contributed by atoms with E-state index in [-0.39, 0.29) is 6.61 Å². The van der Waals surface area contributed by atoms with Gasteiger partial charge in [0.15, 0.2) is 0 Å². The van der Waals surface area contributed by atoms with Crippen molar-refractivity contribution in [2.75, 3.05) is 39.3 Å². The molecule has 0 radical (unpaired) electrons. The molecule has 2 saturated heterocycles. The fraction of sp³-hybridized carbons (Fsp3) is 0.652. The highest BCUT2D eigenvalue weighted by Crippen LogP contribution is 2.26. The van der Waals surface area contributed by atoms with Crippen LogP contribution < -0.4 is 0 Å². The number of piperazine rings is 1. The van der Waals surface area contributed by atoms with Crippen LogP contribution in [0, 0.1) is 0 Å². The van der Waals surface area contributed by atoms with Crippen LogP contribution in [0.5, 0.6) is 0 Å². The summed E-state index contributed by atoms with van der Waals surface area (Å²) >= 11 is 0. The van der Waals surface area contributed by atoms with Crippen molar-refractivity contribution in [2.24, 2.45) is 0 Å². The molecule has 2 aliphatic rings. The van der Waals surface area contributed by atoms with Gasteiger partial charge in [0.25, 0.3) is 0 Å². The number of nitrogens with zero attached hydrogens (tertiary/aromatic N) is 3. The average Bonchev–Trinajstić information content (AvgIpc) is 3.11. The predicted molar refractivity (Wildman–Crippen MR) is 113 cm³/mol. The molecule has 5 nitrogen and oxygen atoms in total. The number of aliphatic hydroxyl groups excluding tert-OH is 1. The van der Waals surface area contributed by atoms with Crippen molar-refractivity contribution >= 4 is 11.0 Å². The molecule has 2 fully saturated rings. The standard InChI is InChI=1S/C23H35N3O2/c1-18(2)25-10-7-20(8-11-25)26-13-12-24(16-21(26)9-14-27)17-22-15-19-5-3-4-6-23(19)28-22/h3-6,15,18,20-21,27H,7-14,16-17H2,1-2H3/t21-/m1/s1. The first-order chi connectivity index (χ1) is 13.6. The Labute approximate surface area is 168 Å². The zero-order valence-electron chi connectivity index (χ0n) is 17.4. The first kappa shape index (κ1) is 19.9. The van der Waals surface area contributed by atoms with Crippen molar-refractivity contribution < 1.29 is 9.52 Å². The van der Waals surface area contributed by atoms with Crippen LogP contribution in [-0.2, 0) is 6.54 Å². The molecule has 0 spiro atoms. The summed E-state index contributed by atoms with van der Waals surface area (Å²) in [4.78, 5) is 7.79. The van der Waals surface area contributed by atoms with Crippen LogP contribution in [0.25, 0.3) is 11.0 Å². The lowest BCUT2D eigenvalue weighted by Crippen LogP contribution is -2.58. The van der Waals surface area contributed by atoms with Crippen molar-refractivity contribution in [1.29, 1.82) is 0 Å². The zero-order valence-corrected chi connectivity index (χ0v) is 17.4. The molecule has 2 aromatic rings. The monoisotopic (exact) mass is 385 g/mol. The summed E-state index contributed by atoms with van der Waals surface area (Å²) in [6, 6.07) is 12.2. The molecule has 0 saturated carbocycles. The van der Waals surface area contributed by atoms with Gasteiger partial charge in [-0.05, 0) is 58.3 Å². The second kappa shape index (κ2) is 8.95. The summed E-state index contributed by atoms with van der Waals surface area (Å²) in [6.45, 7) is 11.3. The van der Waals surface area contributed by atoms with Gasteiger partial charge in [0.1, 0.15) is 11.3 Å². The van der Waals surface area contributed by atoms with Gasteiger partial charge in [-0.3, -0.25) is 9.80 Å². The number of para-hydroxylation sites is 1. The number of hydrogen-bond acceptors (Lipinski definition) is 5. The normalized spacial score (nSPS) is 23.8. The van der Waals surface area contributed by atoms with Crippen molar-refractivity contribution in [1.82, 2.24) is 14.7 Å². The molecule has 1 aromatic carbocycles. The molecule has 28 heavy (non-hydrogen) atoms. The highest BCUT2D eigenvalue weighted by atomic mass is 16.3. The van der Waals surface area contributed by atoms with Crippen LogP contribution in [0.15, 0.2) is 34.7 Å². The Hall–Kier alpha value is -1.40. The molecule has 1 N–H and O–H groups in total. The Balaban J connectivity index is 1.37. The molecule has 0 unspecified atom stereocenters. The third-order valence-corrected chi connectivity index (χ3v) is 6.63. The van der Waals surface area contributed by atoms with Gasteiger partial charge in [-0.25, -0.2) is 0 Å². The van der Waals surface area contributed by atoms with Gasteiger partial charge in [-0.1, -0.05) is 18.2 Å². The van der Waals surface area contributed by atoms with E-state index in [4.69, 9.17) is 4.42 Å². The molecule has 2 aliphatic heterocycles. The molecule has 0 bridgehead atoms. The summed E-state index contributed by atoms with van der Waals surface area (Å²) in [5.41, 5.74) is 0.972. The van der Waals surface area contributed by atoms with Crippen LogP contribution >= 0.6 is 0 Å². The van der Waals surface area contributed by atoms with E-state index in [0.717, 1.165) is 43.9 Å². The van der Waals surface area contributed by atoms with E-state index in [0.29, 0.717) is 18.1 Å². The fourth-order valence-corrected chi connectivity index (χ4v) is 5.03. The van der Waals surface area contributed by atoms with E-state index >= 15 is 0 Å². The van der Waals surface area contributed by atoms with E-state index in [1.54, 1.807) is 0 Å². The summed E-state index contributed by atoms with van der Waals surface area (Å²) in [5, 5.41) is 10.8. The topological polar surface area (TPSA) is 43.1 Å². The molecule has 4 rings (SSSR count). The van der Waals surface area contributed by atoms with Crippen molar-refractivity contribution in [2.45, 2.75) is 57.8 Å². The van der Waals surface area contributed by atoms with Crippen LogP contribution in [0.4, 0.5) is 0 Å². The van der Waals surface area contributed by atoms with E-state index in [2.05, 4.69) is 46.7 Å². The Morgan fingerprint density at radius 2 is 1.89 bits per heavy atom. The minimum atomic E-state index is 0.268. The number of fused-ring (bicyclic) bond motifs is 1. The molecule has 154 valence electrons. The maximum atomic E-state index is 9.65. The third-order valence-electron chi connectivity index (χ3n) is 6.63. The lowest BCUT2D eigenvalue weighted by molar-refractivity contribution is -0.00149. The van der Waals surface area contributed by atoms with E-state index in [1.165, 1.54) is 31.3 Å². The number of likely N-dealkylation sites (tertiary alicyclic amines) is 1. The van der Waals surface area contributed by atoms with Crippen LogP contribution in [0.2, 0.25) is 0 Å². The molecule has 3 heterocycles. The van der Waals surface area contributed by atoms with E-state index < -0.39 is 0 Å². The van der Waals surface area contributed by atoms with Crippen molar-refractivity contribution in [3.05, 3.63) is 36.1 Å². The van der Waals surface area contributed by atoms with Gasteiger partial charge in [-0.15, -0.1) is 0 Å². The van der Waals surface area contributed by atoms with Crippen LogP contribution in [0.1, 0.15) is 38.9 Å². The maximum absolute atomic E-state index is 9.65. The van der Waals surface area contributed by atoms with E-state index in [1.807, 2.05) is 12.1 Å². The number of benzene rings is 1. The van der Waals surface area contributed by atoms with Crippen LogP contribution in [0.3, 0.4) is 0 Å². The summed E-state index contributed by atoms with van der Waals surface area (Å²) in [5.74, 6) is 1.04. The number of rotatable bonds is 6. The Morgan fingerprint density at radius 1 is 1.11 bits per heavy atom. The molecule has 1 atom stereocenters. The quantitative estimate of drug-likeness (QED) is 0.827. The fourth-order valence-electron chi connectivity index (χ4n) is 5.03. The SMILES string of the molecule is CC(C)N1CCC(N2CCN(Cc3cc4ccccc4o3)C[C@H]2CCO)CC1. The average molecular weight is 386 g/mol. The Bertz CT molecular complexity index is 718. The van der Waals surface area contributed by atoms with Gasteiger partial charge < -0.3 is 14.4 Å². The molecular weight excluding hydrogens is 350 g/mol. The largest absolute Gasteiger partial charge is 0.460 e. The third kappa shape index (κ3) is 4.43. The van der Waals surface area contributed by atoms with Gasteiger partial charge in [0.05, 0.1) is 6.54 Å². The zero-order chi connectivity index (χ0) is 19.5. The van der Waals surface area contributed by atoms with Gasteiger partial charge in [-0.2, -0.15) is 0 Å². The molecule has 1 aromatic heterocycles. The highest BCUT2D eigenvalue weighted by molar-refractivity contribution is 5.77. The predicted octanol–water partition coefficient (Wildman–Crippen LogP) is 3.17. The summed E-state index contributed by atoms with van der Waals surface area (Å²) in [7, 11) is 0. The molecule has 0 aliphatic carbocycles. The van der Waals surface area contributed by atoms with Crippen LogP contribution in [-0.4, -0.2) is 77.3 Å². The number of hydrogen-bond donors (Lipinski definition) is 1. The number of furan rings is 1. The number of piperidine rings is 1. The van der Waals surface area contributed by atoms with Gasteiger partial charge >= 0.3 is 0 Å². The minimum absolute atomic E-state index is 0.268. The molecule has 5 heteroatoms. The lowest BCUT2D eigenvalue weighted by atomic mass is 9.97. The summed E-state index contributed by atoms with van der Waals surface area (Å²) < 4.78 is 6.03. The second-order valence-electron chi connectivity index (χ2n) is 8.75. The Morgan fingerprint density at radius 3 is 2.61 bits per heavy atom. The highest BCUT2D eigenvalue weighted by Gasteiger charge is 2.34. The van der Waals surface area contributed by atoms with E-state index in [9.17, 15) is 5.11 Å². The molecular formula is C23H35N3O2. The minimum Gasteiger partial charge on any atom is -0.460 e. The lowest BCUT2D eigenvalue weighted by Gasteiger charge is -2.48. The number of aliphatic hydroxyl groups is 1. The summed E-state index contributed by atoms with van der Waals surface area (Å²) in [6.07, 6.45) is 3.37.